The first kappa shape index (κ1) is 26.8. The number of carbonyl (C=O) groups is 6. The molecule has 30 heavy (non-hydrogen) atoms. The van der Waals surface area contributed by atoms with Gasteiger partial charge in [-0.1, -0.05) is 13.8 Å². The molecule has 3 atom stereocenters. The number of nitrogens with two attached hydrogens (primary N) is 2. The molecule has 0 aromatic rings. The predicted octanol–water partition coefficient (Wildman–Crippen LogP) is -2.73. The van der Waals surface area contributed by atoms with Crippen LogP contribution in [0.5, 0.6) is 0 Å². The van der Waals surface area contributed by atoms with Crippen molar-refractivity contribution in [3.8, 4) is 0 Å². The Morgan fingerprint density at radius 2 is 1.53 bits per heavy atom. The molecule has 0 spiro atoms. The van der Waals surface area contributed by atoms with Crippen LogP contribution in [-0.4, -0.2) is 70.5 Å². The SMILES string of the molecule is CC(C)CC(NC(=O)CNC(=O)C(CCC(=O)O)NC(=O)C(N)CC(N)=O)C(=O)O. The minimum absolute atomic E-state index is 0.00112. The Bertz CT molecular complexity index is 667. The van der Waals surface area contributed by atoms with Crippen LogP contribution in [0.3, 0.4) is 0 Å². The molecule has 0 aliphatic rings. The second-order valence-electron chi connectivity index (χ2n) is 7.08. The van der Waals surface area contributed by atoms with Crippen LogP contribution in [0.4, 0.5) is 0 Å². The van der Waals surface area contributed by atoms with E-state index >= 15 is 0 Å². The third-order valence-electron chi connectivity index (χ3n) is 3.80. The molecule has 0 heterocycles. The summed E-state index contributed by atoms with van der Waals surface area (Å²) >= 11 is 0. The molecule has 0 saturated heterocycles. The number of primary amides is 1. The van der Waals surface area contributed by atoms with Gasteiger partial charge in [0.25, 0.3) is 0 Å². The van der Waals surface area contributed by atoms with E-state index in [0.717, 1.165) is 0 Å². The first-order valence-electron chi connectivity index (χ1n) is 9.19. The molecule has 170 valence electrons. The van der Waals surface area contributed by atoms with Crippen LogP contribution in [0.15, 0.2) is 0 Å². The molecule has 9 N–H and O–H groups in total. The normalized spacial score (nSPS) is 13.6. The van der Waals surface area contributed by atoms with Gasteiger partial charge in [0.1, 0.15) is 12.1 Å². The van der Waals surface area contributed by atoms with E-state index < -0.39 is 73.1 Å². The zero-order chi connectivity index (χ0) is 23.4. The topological polar surface area (TPSA) is 231 Å². The van der Waals surface area contributed by atoms with Gasteiger partial charge in [-0.3, -0.25) is 24.0 Å². The van der Waals surface area contributed by atoms with Crippen molar-refractivity contribution < 1.29 is 39.0 Å². The van der Waals surface area contributed by atoms with Crippen molar-refractivity contribution in [1.82, 2.24) is 16.0 Å². The van der Waals surface area contributed by atoms with E-state index in [1.807, 2.05) is 0 Å². The molecule has 13 heteroatoms. The van der Waals surface area contributed by atoms with E-state index in [1.54, 1.807) is 13.8 Å². The highest BCUT2D eigenvalue weighted by Gasteiger charge is 2.26. The number of aliphatic carboxylic acids is 2. The van der Waals surface area contributed by atoms with E-state index in [9.17, 15) is 28.8 Å². The van der Waals surface area contributed by atoms with Gasteiger partial charge >= 0.3 is 11.9 Å². The van der Waals surface area contributed by atoms with E-state index in [-0.39, 0.29) is 18.8 Å². The van der Waals surface area contributed by atoms with Crippen molar-refractivity contribution in [1.29, 1.82) is 0 Å². The van der Waals surface area contributed by atoms with Gasteiger partial charge < -0.3 is 37.6 Å². The van der Waals surface area contributed by atoms with Crippen molar-refractivity contribution in [3.05, 3.63) is 0 Å². The number of amides is 4. The van der Waals surface area contributed by atoms with Gasteiger partial charge in [0.05, 0.1) is 19.0 Å². The van der Waals surface area contributed by atoms with Crippen molar-refractivity contribution in [2.75, 3.05) is 6.54 Å². The molecule has 0 bridgehead atoms. The molecule has 0 aromatic carbocycles. The predicted molar refractivity (Wildman–Crippen MR) is 103 cm³/mol. The Hall–Kier alpha value is -3.22. The van der Waals surface area contributed by atoms with Crippen LogP contribution in [0.2, 0.25) is 0 Å². The molecule has 13 nitrogen and oxygen atoms in total. The highest BCUT2D eigenvalue weighted by molar-refractivity contribution is 5.94. The number of hydrogen-bond donors (Lipinski definition) is 7. The molecule has 0 aromatic heterocycles. The summed E-state index contributed by atoms with van der Waals surface area (Å²) < 4.78 is 0. The van der Waals surface area contributed by atoms with Gasteiger partial charge in [-0.25, -0.2) is 4.79 Å². The highest BCUT2D eigenvalue weighted by Crippen LogP contribution is 2.05. The first-order chi connectivity index (χ1) is 13.8. The lowest BCUT2D eigenvalue weighted by Crippen LogP contribution is -2.54. The summed E-state index contributed by atoms with van der Waals surface area (Å²) in [5.74, 6) is -5.83. The van der Waals surface area contributed by atoms with Crippen LogP contribution in [-0.2, 0) is 28.8 Å². The van der Waals surface area contributed by atoms with Crippen LogP contribution in [0, 0.1) is 5.92 Å². The Kier molecular flexibility index (Phi) is 11.7. The maximum atomic E-state index is 12.3. The molecule has 3 unspecified atom stereocenters. The lowest BCUT2D eigenvalue weighted by molar-refractivity contribution is -0.142. The van der Waals surface area contributed by atoms with Gasteiger partial charge in [-0.05, 0) is 18.8 Å². The average Bonchev–Trinajstić information content (AvgIpc) is 2.61. The fraction of sp³-hybridized carbons (Fsp3) is 0.647. The maximum Gasteiger partial charge on any atom is 0.326 e. The summed E-state index contributed by atoms with van der Waals surface area (Å²) in [6, 6.07) is -3.81. The summed E-state index contributed by atoms with van der Waals surface area (Å²) in [5, 5.41) is 24.6. The fourth-order valence-corrected chi connectivity index (χ4v) is 2.35. The average molecular weight is 431 g/mol. The van der Waals surface area contributed by atoms with Gasteiger partial charge in [0, 0.05) is 6.42 Å². The number of nitrogens with one attached hydrogen (secondary N) is 3. The van der Waals surface area contributed by atoms with Crippen LogP contribution >= 0.6 is 0 Å². The molecule has 0 rings (SSSR count). The second-order valence-corrected chi connectivity index (χ2v) is 7.08. The minimum atomic E-state index is -1.34. The quantitative estimate of drug-likeness (QED) is 0.151. The van der Waals surface area contributed by atoms with Crippen LogP contribution < -0.4 is 27.4 Å². The van der Waals surface area contributed by atoms with Gasteiger partial charge in [-0.15, -0.1) is 0 Å². The Morgan fingerprint density at radius 1 is 0.933 bits per heavy atom. The lowest BCUT2D eigenvalue weighted by Gasteiger charge is -2.20. The Morgan fingerprint density at radius 3 is 2.00 bits per heavy atom. The molecular weight excluding hydrogens is 402 g/mol. The zero-order valence-electron chi connectivity index (χ0n) is 16.8. The van der Waals surface area contributed by atoms with Crippen LogP contribution in [0.1, 0.15) is 39.5 Å². The summed E-state index contributed by atoms with van der Waals surface area (Å²) in [6.07, 6.45) is -1.06. The number of carbonyl (C=O) groups excluding carboxylic acids is 4. The largest absolute Gasteiger partial charge is 0.481 e. The lowest BCUT2D eigenvalue weighted by atomic mass is 10.0. The molecule has 0 radical (unpaired) electrons. The number of hydrogen-bond acceptors (Lipinski definition) is 7. The summed E-state index contributed by atoms with van der Waals surface area (Å²) in [6.45, 7) is 2.97. The molecule has 0 aliphatic heterocycles. The smallest absolute Gasteiger partial charge is 0.326 e. The number of carboxylic acids is 2. The first-order valence-corrected chi connectivity index (χ1v) is 9.19. The van der Waals surface area contributed by atoms with Crippen LogP contribution in [0.25, 0.3) is 0 Å². The van der Waals surface area contributed by atoms with Gasteiger partial charge in [0.2, 0.25) is 23.6 Å². The van der Waals surface area contributed by atoms with Crippen molar-refractivity contribution in [2.45, 2.75) is 57.7 Å². The monoisotopic (exact) mass is 431 g/mol. The maximum absolute atomic E-state index is 12.3. The zero-order valence-corrected chi connectivity index (χ0v) is 16.8. The van der Waals surface area contributed by atoms with Gasteiger partial charge in [-0.2, -0.15) is 0 Å². The summed E-state index contributed by atoms with van der Waals surface area (Å²) in [4.78, 5) is 69.0. The molecular formula is C17H29N5O8. The summed E-state index contributed by atoms with van der Waals surface area (Å²) in [5.41, 5.74) is 10.4. The number of carboxylic acid groups (broad SMARTS) is 2. The highest BCUT2D eigenvalue weighted by atomic mass is 16.4. The third-order valence-corrected chi connectivity index (χ3v) is 3.80. The standard InChI is InChI=1S/C17H29N5O8/c1-8(2)5-11(17(29)30)21-13(24)7-20-16(28)10(3-4-14(25)26)22-15(27)9(18)6-12(19)23/h8-11H,3-7,18H2,1-2H3,(H2,19,23)(H,20,28)(H,21,24)(H,22,27)(H,25,26)(H,29,30). The van der Waals surface area contributed by atoms with Gasteiger partial charge in [0.15, 0.2) is 0 Å². The van der Waals surface area contributed by atoms with Crippen molar-refractivity contribution >= 4 is 35.6 Å². The van der Waals surface area contributed by atoms with Crippen molar-refractivity contribution in [2.24, 2.45) is 17.4 Å². The van der Waals surface area contributed by atoms with E-state index in [1.165, 1.54) is 0 Å². The van der Waals surface area contributed by atoms with E-state index in [4.69, 9.17) is 21.7 Å². The van der Waals surface area contributed by atoms with Crippen molar-refractivity contribution in [3.63, 3.8) is 0 Å². The molecule has 0 fully saturated rings. The molecule has 0 aliphatic carbocycles. The van der Waals surface area contributed by atoms with E-state index in [2.05, 4.69) is 16.0 Å². The molecule has 0 saturated carbocycles. The second kappa shape index (κ2) is 13.1. The molecule has 4 amide bonds. The fourth-order valence-electron chi connectivity index (χ4n) is 2.35. The Labute approximate surface area is 172 Å². The minimum Gasteiger partial charge on any atom is -0.481 e. The third kappa shape index (κ3) is 11.6. The number of rotatable bonds is 14. The van der Waals surface area contributed by atoms with E-state index in [0.29, 0.717) is 0 Å². The summed E-state index contributed by atoms with van der Waals surface area (Å²) in [7, 11) is 0. The Balaban J connectivity index is 4.92.